The zero-order valence-electron chi connectivity index (χ0n) is 15.3. The Kier molecular flexibility index (Phi) is 11.0. The van der Waals surface area contributed by atoms with Crippen LogP contribution >= 0.6 is 11.6 Å². The summed E-state index contributed by atoms with van der Waals surface area (Å²) in [6, 6.07) is 5.21. The highest BCUT2D eigenvalue weighted by atomic mass is 35.5. The van der Waals surface area contributed by atoms with E-state index in [2.05, 4.69) is 0 Å². The summed E-state index contributed by atoms with van der Waals surface area (Å²) in [5.74, 6) is 0.240. The molecule has 0 saturated heterocycles. The van der Waals surface area contributed by atoms with Gasteiger partial charge in [-0.05, 0) is 49.9 Å². The molecule has 0 aliphatic rings. The van der Waals surface area contributed by atoms with Crippen LogP contribution in [0.2, 0.25) is 5.02 Å². The van der Waals surface area contributed by atoms with Crippen molar-refractivity contribution in [1.82, 2.24) is 0 Å². The van der Waals surface area contributed by atoms with Gasteiger partial charge in [0.15, 0.2) is 0 Å². The summed E-state index contributed by atoms with van der Waals surface area (Å²) >= 11 is 5.95. The minimum Gasteiger partial charge on any atom is -0.466 e. The second kappa shape index (κ2) is 12.8. The van der Waals surface area contributed by atoms with Crippen molar-refractivity contribution in [2.24, 2.45) is 0 Å². The summed E-state index contributed by atoms with van der Waals surface area (Å²) < 4.78 is 10.3. The highest BCUT2D eigenvalue weighted by Gasteiger charge is 2.06. The van der Waals surface area contributed by atoms with Crippen LogP contribution in [0.25, 0.3) is 0 Å². The first kappa shape index (κ1) is 21.5. The number of carbonyl (C=O) groups excluding carboxylic acids is 2. The Morgan fingerprint density at radius 3 is 2.16 bits per heavy atom. The lowest BCUT2D eigenvalue weighted by molar-refractivity contribution is -0.143. The zero-order chi connectivity index (χ0) is 18.5. The van der Waals surface area contributed by atoms with Crippen LogP contribution in [0.1, 0.15) is 70.3 Å². The Morgan fingerprint density at radius 2 is 1.56 bits per heavy atom. The minimum absolute atomic E-state index is 0.0953. The van der Waals surface area contributed by atoms with E-state index in [-0.39, 0.29) is 11.9 Å². The van der Waals surface area contributed by atoms with E-state index in [0.29, 0.717) is 30.2 Å². The molecule has 1 rings (SSSR count). The van der Waals surface area contributed by atoms with Gasteiger partial charge in [-0.25, -0.2) is 0 Å². The van der Waals surface area contributed by atoms with Crippen molar-refractivity contribution in [2.75, 3.05) is 6.61 Å². The monoisotopic (exact) mass is 368 g/mol. The summed E-state index contributed by atoms with van der Waals surface area (Å²) in [7, 11) is 0. The summed E-state index contributed by atoms with van der Waals surface area (Å²) in [6.45, 7) is 4.38. The van der Waals surface area contributed by atoms with Gasteiger partial charge in [0.1, 0.15) is 5.75 Å². The molecule has 25 heavy (non-hydrogen) atoms. The highest BCUT2D eigenvalue weighted by molar-refractivity contribution is 6.31. The standard InChI is InChI=1S/C20H29ClO4/c1-3-14-24-19(22)10-8-6-4-5-7-9-11-20(23)25-17-12-13-18(21)16(2)15-17/h12-13,15H,3-11,14H2,1-2H3. The topological polar surface area (TPSA) is 52.6 Å². The van der Waals surface area contributed by atoms with E-state index >= 15 is 0 Å². The average molecular weight is 369 g/mol. The van der Waals surface area contributed by atoms with Crippen LogP contribution in [-0.4, -0.2) is 18.5 Å². The molecule has 1 aromatic carbocycles. The maximum Gasteiger partial charge on any atom is 0.311 e. The smallest absolute Gasteiger partial charge is 0.311 e. The molecular formula is C20H29ClO4. The number of ether oxygens (including phenoxy) is 2. The van der Waals surface area contributed by atoms with E-state index in [1.807, 2.05) is 13.8 Å². The number of benzene rings is 1. The van der Waals surface area contributed by atoms with Crippen molar-refractivity contribution in [1.29, 1.82) is 0 Å². The number of hydrogen-bond acceptors (Lipinski definition) is 4. The first-order valence-electron chi connectivity index (χ1n) is 9.15. The first-order chi connectivity index (χ1) is 12.0. The fourth-order valence-corrected chi connectivity index (χ4v) is 2.51. The molecule has 0 amide bonds. The van der Waals surface area contributed by atoms with Gasteiger partial charge in [-0.2, -0.15) is 0 Å². The summed E-state index contributed by atoms with van der Waals surface area (Å²) in [5.41, 5.74) is 0.894. The van der Waals surface area contributed by atoms with E-state index in [4.69, 9.17) is 21.1 Å². The van der Waals surface area contributed by atoms with Crippen molar-refractivity contribution in [2.45, 2.75) is 71.6 Å². The third kappa shape index (κ3) is 10.1. The number of rotatable bonds is 12. The van der Waals surface area contributed by atoms with Gasteiger partial charge >= 0.3 is 11.9 Å². The van der Waals surface area contributed by atoms with Crippen LogP contribution in [-0.2, 0) is 14.3 Å². The summed E-state index contributed by atoms with van der Waals surface area (Å²) in [4.78, 5) is 23.1. The van der Waals surface area contributed by atoms with E-state index in [0.717, 1.165) is 50.5 Å². The molecule has 0 fully saturated rings. The molecule has 140 valence electrons. The number of unbranched alkanes of at least 4 members (excludes halogenated alkanes) is 5. The maximum atomic E-state index is 11.8. The van der Waals surface area contributed by atoms with Crippen molar-refractivity contribution in [3.63, 3.8) is 0 Å². The van der Waals surface area contributed by atoms with Crippen molar-refractivity contribution < 1.29 is 19.1 Å². The summed E-state index contributed by atoms with van der Waals surface area (Å²) in [6.07, 6.45) is 7.66. The molecule has 0 N–H and O–H groups in total. The number of aryl methyl sites for hydroxylation is 1. The van der Waals surface area contributed by atoms with Crippen LogP contribution in [0, 0.1) is 6.92 Å². The Hall–Kier alpha value is -1.55. The molecule has 1 aromatic rings. The molecule has 0 heterocycles. The van der Waals surface area contributed by atoms with Crippen LogP contribution in [0.5, 0.6) is 5.75 Å². The molecule has 5 heteroatoms. The number of hydrogen-bond donors (Lipinski definition) is 0. The van der Waals surface area contributed by atoms with Gasteiger partial charge in [0.25, 0.3) is 0 Å². The molecule has 0 saturated carbocycles. The molecule has 0 radical (unpaired) electrons. The molecule has 0 atom stereocenters. The molecule has 4 nitrogen and oxygen atoms in total. The maximum absolute atomic E-state index is 11.8. The van der Waals surface area contributed by atoms with Crippen LogP contribution in [0.3, 0.4) is 0 Å². The van der Waals surface area contributed by atoms with Gasteiger partial charge in [0.2, 0.25) is 0 Å². The minimum atomic E-state index is -0.208. The first-order valence-corrected chi connectivity index (χ1v) is 9.53. The molecule has 0 unspecified atom stereocenters. The number of halogens is 1. The molecular weight excluding hydrogens is 340 g/mol. The lowest BCUT2D eigenvalue weighted by atomic mass is 10.1. The zero-order valence-corrected chi connectivity index (χ0v) is 16.1. The van der Waals surface area contributed by atoms with Gasteiger partial charge in [-0.15, -0.1) is 0 Å². The number of esters is 2. The Morgan fingerprint density at radius 1 is 0.960 bits per heavy atom. The van der Waals surface area contributed by atoms with Crippen LogP contribution in [0.15, 0.2) is 18.2 Å². The normalized spacial score (nSPS) is 10.5. The predicted molar refractivity (Wildman–Crippen MR) is 100 cm³/mol. The third-order valence-corrected chi connectivity index (χ3v) is 4.26. The van der Waals surface area contributed by atoms with Crippen molar-refractivity contribution in [3.8, 4) is 5.75 Å². The van der Waals surface area contributed by atoms with E-state index < -0.39 is 0 Å². The number of carbonyl (C=O) groups is 2. The van der Waals surface area contributed by atoms with Crippen LogP contribution in [0.4, 0.5) is 0 Å². The molecule has 0 aliphatic heterocycles. The fourth-order valence-electron chi connectivity index (χ4n) is 2.40. The summed E-state index contributed by atoms with van der Waals surface area (Å²) in [5, 5.41) is 0.665. The second-order valence-corrected chi connectivity index (χ2v) is 6.63. The molecule has 0 aliphatic carbocycles. The molecule has 0 spiro atoms. The largest absolute Gasteiger partial charge is 0.466 e. The van der Waals surface area contributed by atoms with E-state index in [1.165, 1.54) is 0 Å². The fraction of sp³-hybridized carbons (Fsp3) is 0.600. The lowest BCUT2D eigenvalue weighted by Gasteiger charge is -2.06. The Balaban J connectivity index is 2.01. The van der Waals surface area contributed by atoms with Crippen LogP contribution < -0.4 is 4.74 Å². The molecule has 0 bridgehead atoms. The highest BCUT2D eigenvalue weighted by Crippen LogP contribution is 2.21. The second-order valence-electron chi connectivity index (χ2n) is 6.23. The SMILES string of the molecule is CCCOC(=O)CCCCCCCCC(=O)Oc1ccc(Cl)c(C)c1. The van der Waals surface area contributed by atoms with Crippen molar-refractivity contribution >= 4 is 23.5 Å². The van der Waals surface area contributed by atoms with Gasteiger partial charge < -0.3 is 9.47 Å². The van der Waals surface area contributed by atoms with E-state index in [1.54, 1.807) is 18.2 Å². The van der Waals surface area contributed by atoms with Gasteiger partial charge in [-0.3, -0.25) is 9.59 Å². The third-order valence-electron chi connectivity index (χ3n) is 3.84. The van der Waals surface area contributed by atoms with Crippen molar-refractivity contribution in [3.05, 3.63) is 28.8 Å². The Labute approximate surface area is 155 Å². The molecule has 0 aromatic heterocycles. The average Bonchev–Trinajstić information content (AvgIpc) is 2.58. The Bertz CT molecular complexity index is 542. The van der Waals surface area contributed by atoms with Gasteiger partial charge in [0.05, 0.1) is 6.61 Å². The van der Waals surface area contributed by atoms with Gasteiger partial charge in [0, 0.05) is 17.9 Å². The van der Waals surface area contributed by atoms with E-state index in [9.17, 15) is 9.59 Å². The van der Waals surface area contributed by atoms with Gasteiger partial charge in [-0.1, -0.05) is 44.2 Å². The quantitative estimate of drug-likeness (QED) is 0.272. The predicted octanol–water partition coefficient (Wildman–Crippen LogP) is 5.63. The lowest BCUT2D eigenvalue weighted by Crippen LogP contribution is -2.07.